The zero-order chi connectivity index (χ0) is 14.8. The van der Waals surface area contributed by atoms with Crippen molar-refractivity contribution >= 4 is 11.4 Å². The van der Waals surface area contributed by atoms with Gasteiger partial charge in [0.25, 0.3) is 0 Å². The average molecular weight is 274 g/mol. The van der Waals surface area contributed by atoms with Gasteiger partial charge in [-0.15, -0.1) is 0 Å². The van der Waals surface area contributed by atoms with Crippen LogP contribution >= 0.6 is 0 Å². The van der Waals surface area contributed by atoms with Crippen molar-refractivity contribution in [2.24, 2.45) is 0 Å². The summed E-state index contributed by atoms with van der Waals surface area (Å²) in [5.74, 6) is -0.335. The van der Waals surface area contributed by atoms with Gasteiger partial charge >= 0.3 is 0 Å². The minimum atomic E-state index is -0.681. The third kappa shape index (κ3) is 2.75. The van der Waals surface area contributed by atoms with E-state index in [-0.39, 0.29) is 12.4 Å². The highest BCUT2D eigenvalue weighted by Gasteiger charge is 2.26. The average Bonchev–Trinajstić information content (AvgIpc) is 2.45. The van der Waals surface area contributed by atoms with E-state index in [1.54, 1.807) is 13.0 Å². The molecule has 20 heavy (non-hydrogen) atoms. The predicted octanol–water partition coefficient (Wildman–Crippen LogP) is 3.04. The van der Waals surface area contributed by atoms with Crippen molar-refractivity contribution in [3.05, 3.63) is 59.4 Å². The van der Waals surface area contributed by atoms with E-state index in [0.717, 1.165) is 5.56 Å². The summed E-state index contributed by atoms with van der Waals surface area (Å²) < 4.78 is 13.4. The summed E-state index contributed by atoms with van der Waals surface area (Å²) in [5.41, 5.74) is 7.55. The highest BCUT2D eigenvalue weighted by Crippen LogP contribution is 2.30. The molecule has 0 heterocycles. The van der Waals surface area contributed by atoms with Crippen LogP contribution in [0.2, 0.25) is 0 Å². The monoisotopic (exact) mass is 274 g/mol. The number of nitrogen functional groups attached to an aromatic ring is 1. The van der Waals surface area contributed by atoms with Gasteiger partial charge < -0.3 is 16.2 Å². The first-order valence-electron chi connectivity index (χ1n) is 6.46. The van der Waals surface area contributed by atoms with Gasteiger partial charge in [-0.2, -0.15) is 0 Å². The molecule has 106 valence electrons. The highest BCUT2D eigenvalue weighted by molar-refractivity contribution is 5.68. The zero-order valence-corrected chi connectivity index (χ0v) is 11.7. The third-order valence-corrected chi connectivity index (χ3v) is 3.47. The van der Waals surface area contributed by atoms with Crippen molar-refractivity contribution in [3.8, 4) is 0 Å². The van der Waals surface area contributed by atoms with Crippen LogP contribution in [0.4, 0.5) is 15.8 Å². The first-order valence-corrected chi connectivity index (χ1v) is 6.46. The maximum Gasteiger partial charge on any atom is 0.128 e. The Hall–Kier alpha value is -2.07. The maximum absolute atomic E-state index is 13.4. The quantitative estimate of drug-likeness (QED) is 0.751. The summed E-state index contributed by atoms with van der Waals surface area (Å²) in [6, 6.07) is 12.5. The number of benzene rings is 2. The maximum atomic E-state index is 13.4. The molecule has 4 N–H and O–H groups in total. The standard InChI is InChI=1S/C16H19FN2O/c1-11-8-15(14(18)9-13(11)17)19-16(2,10-20)12-6-4-3-5-7-12/h3-9,19-20H,10,18H2,1-2H3. The number of nitrogens with one attached hydrogen (secondary N) is 1. The van der Waals surface area contributed by atoms with E-state index >= 15 is 0 Å². The Kier molecular flexibility index (Phi) is 3.95. The fourth-order valence-corrected chi connectivity index (χ4v) is 2.11. The van der Waals surface area contributed by atoms with Gasteiger partial charge in [-0.3, -0.25) is 0 Å². The molecule has 0 amide bonds. The number of aliphatic hydroxyl groups excluding tert-OH is 1. The molecule has 2 rings (SSSR count). The number of aryl methyl sites for hydroxylation is 1. The molecule has 0 saturated carbocycles. The summed E-state index contributed by atoms with van der Waals surface area (Å²) in [5, 5.41) is 13.0. The normalized spacial score (nSPS) is 13.8. The van der Waals surface area contributed by atoms with Crippen LogP contribution < -0.4 is 11.1 Å². The van der Waals surface area contributed by atoms with Crippen LogP contribution in [0.25, 0.3) is 0 Å². The summed E-state index contributed by atoms with van der Waals surface area (Å²) in [6.45, 7) is 3.45. The molecular weight excluding hydrogens is 255 g/mol. The van der Waals surface area contributed by atoms with Gasteiger partial charge in [-0.25, -0.2) is 4.39 Å². The summed E-state index contributed by atoms with van der Waals surface area (Å²) in [6.07, 6.45) is 0. The lowest BCUT2D eigenvalue weighted by Gasteiger charge is -2.31. The fourth-order valence-electron chi connectivity index (χ4n) is 2.11. The molecule has 0 bridgehead atoms. The molecule has 1 atom stereocenters. The zero-order valence-electron chi connectivity index (χ0n) is 11.7. The van der Waals surface area contributed by atoms with E-state index in [2.05, 4.69) is 5.32 Å². The Labute approximate surface area is 118 Å². The van der Waals surface area contributed by atoms with Crippen molar-refractivity contribution < 1.29 is 9.50 Å². The molecule has 0 aliphatic rings. The second-order valence-electron chi connectivity index (χ2n) is 5.17. The lowest BCUT2D eigenvalue weighted by atomic mass is 9.92. The van der Waals surface area contributed by atoms with Crippen molar-refractivity contribution in [2.45, 2.75) is 19.4 Å². The smallest absolute Gasteiger partial charge is 0.128 e. The highest BCUT2D eigenvalue weighted by atomic mass is 19.1. The lowest BCUT2D eigenvalue weighted by molar-refractivity contribution is 0.224. The molecule has 0 aliphatic carbocycles. The van der Waals surface area contributed by atoms with Gasteiger partial charge in [0.15, 0.2) is 0 Å². The summed E-state index contributed by atoms with van der Waals surface area (Å²) >= 11 is 0. The number of nitrogens with two attached hydrogens (primary N) is 1. The molecule has 4 heteroatoms. The molecule has 0 aliphatic heterocycles. The molecular formula is C16H19FN2O. The number of hydrogen-bond donors (Lipinski definition) is 3. The van der Waals surface area contributed by atoms with Crippen molar-refractivity contribution in [2.75, 3.05) is 17.7 Å². The Morgan fingerprint density at radius 2 is 1.90 bits per heavy atom. The summed E-state index contributed by atoms with van der Waals surface area (Å²) in [4.78, 5) is 0. The molecule has 0 aromatic heterocycles. The molecule has 0 spiro atoms. The van der Waals surface area contributed by atoms with Crippen molar-refractivity contribution in [1.82, 2.24) is 0 Å². The lowest BCUT2D eigenvalue weighted by Crippen LogP contribution is -2.36. The Morgan fingerprint density at radius 1 is 1.25 bits per heavy atom. The van der Waals surface area contributed by atoms with Gasteiger partial charge in [0.2, 0.25) is 0 Å². The van der Waals surface area contributed by atoms with E-state index < -0.39 is 5.54 Å². The van der Waals surface area contributed by atoms with Crippen LogP contribution in [0.3, 0.4) is 0 Å². The van der Waals surface area contributed by atoms with Crippen LogP contribution in [-0.4, -0.2) is 11.7 Å². The van der Waals surface area contributed by atoms with Crippen LogP contribution in [0.15, 0.2) is 42.5 Å². The molecule has 2 aromatic rings. The Bertz CT molecular complexity index is 601. The predicted molar refractivity (Wildman–Crippen MR) is 80.1 cm³/mol. The van der Waals surface area contributed by atoms with E-state index in [4.69, 9.17) is 5.73 Å². The number of halogens is 1. The van der Waals surface area contributed by atoms with Gasteiger partial charge in [-0.05, 0) is 37.1 Å². The molecule has 1 unspecified atom stereocenters. The van der Waals surface area contributed by atoms with E-state index in [9.17, 15) is 9.50 Å². The Morgan fingerprint density at radius 3 is 2.50 bits per heavy atom. The van der Waals surface area contributed by atoms with Gasteiger partial charge in [0.05, 0.1) is 23.5 Å². The van der Waals surface area contributed by atoms with Crippen molar-refractivity contribution in [3.63, 3.8) is 0 Å². The van der Waals surface area contributed by atoms with Crippen LogP contribution in [0.5, 0.6) is 0 Å². The van der Waals surface area contributed by atoms with E-state index in [1.165, 1.54) is 6.07 Å². The number of anilines is 2. The van der Waals surface area contributed by atoms with Crippen LogP contribution in [-0.2, 0) is 5.54 Å². The Balaban J connectivity index is 2.38. The van der Waals surface area contributed by atoms with E-state index in [0.29, 0.717) is 16.9 Å². The van der Waals surface area contributed by atoms with Gasteiger partial charge in [-0.1, -0.05) is 30.3 Å². The van der Waals surface area contributed by atoms with Crippen molar-refractivity contribution in [1.29, 1.82) is 0 Å². The third-order valence-electron chi connectivity index (χ3n) is 3.47. The molecule has 0 radical (unpaired) electrons. The topological polar surface area (TPSA) is 58.3 Å². The number of aliphatic hydroxyl groups is 1. The SMILES string of the molecule is Cc1cc(NC(C)(CO)c2ccccc2)c(N)cc1F. The molecule has 2 aromatic carbocycles. The number of rotatable bonds is 4. The molecule has 3 nitrogen and oxygen atoms in total. The first kappa shape index (κ1) is 14.3. The van der Waals surface area contributed by atoms with Crippen LogP contribution in [0, 0.1) is 12.7 Å². The van der Waals surface area contributed by atoms with Crippen LogP contribution in [0.1, 0.15) is 18.1 Å². The summed E-state index contributed by atoms with van der Waals surface area (Å²) in [7, 11) is 0. The minimum absolute atomic E-state index is 0.104. The largest absolute Gasteiger partial charge is 0.397 e. The first-order chi connectivity index (χ1) is 9.46. The fraction of sp³-hybridized carbons (Fsp3) is 0.250. The molecule has 0 fully saturated rings. The van der Waals surface area contributed by atoms with Gasteiger partial charge in [0, 0.05) is 0 Å². The number of hydrogen-bond acceptors (Lipinski definition) is 3. The second-order valence-corrected chi connectivity index (χ2v) is 5.17. The molecule has 0 saturated heterocycles. The van der Waals surface area contributed by atoms with E-state index in [1.807, 2.05) is 37.3 Å². The second kappa shape index (κ2) is 5.51. The van der Waals surface area contributed by atoms with Gasteiger partial charge in [0.1, 0.15) is 5.82 Å². The minimum Gasteiger partial charge on any atom is -0.397 e.